The average Bonchev–Trinajstić information content (AvgIpc) is 2.79. The fourth-order valence-electron chi connectivity index (χ4n) is 3.40. The predicted molar refractivity (Wildman–Crippen MR) is 128 cm³/mol. The maximum Gasteiger partial charge on any atom is 0.340 e. The Labute approximate surface area is 194 Å². The van der Waals surface area contributed by atoms with Gasteiger partial charge in [0.25, 0.3) is 10.0 Å². The zero-order valence-electron chi connectivity index (χ0n) is 18.7. The van der Waals surface area contributed by atoms with Gasteiger partial charge in [-0.2, -0.15) is 0 Å². The fraction of sp³-hybridized carbons (Fsp3) is 0.200. The molecule has 1 amide bonds. The zero-order chi connectivity index (χ0) is 24.0. The van der Waals surface area contributed by atoms with Crippen LogP contribution < -0.4 is 9.62 Å². The summed E-state index contributed by atoms with van der Waals surface area (Å²) in [5.74, 6) is -1.16. The monoisotopic (exact) mass is 466 g/mol. The van der Waals surface area contributed by atoms with E-state index in [1.807, 2.05) is 13.0 Å². The first-order chi connectivity index (χ1) is 15.7. The third-order valence-corrected chi connectivity index (χ3v) is 6.71. The average molecular weight is 467 g/mol. The molecule has 0 spiro atoms. The Balaban J connectivity index is 1.97. The van der Waals surface area contributed by atoms with Crippen LogP contribution in [-0.2, 0) is 19.6 Å². The molecule has 0 radical (unpaired) electrons. The molecule has 0 fully saturated rings. The van der Waals surface area contributed by atoms with E-state index in [0.29, 0.717) is 11.3 Å². The molecule has 0 saturated heterocycles. The number of anilines is 2. The Morgan fingerprint density at radius 3 is 2.27 bits per heavy atom. The van der Waals surface area contributed by atoms with E-state index in [4.69, 9.17) is 4.74 Å². The number of rotatable bonds is 8. The number of amides is 1. The first-order valence-electron chi connectivity index (χ1n) is 10.4. The van der Waals surface area contributed by atoms with E-state index in [2.05, 4.69) is 5.32 Å². The summed E-state index contributed by atoms with van der Waals surface area (Å²) in [5, 5.41) is 2.66. The number of sulfonamides is 1. The number of hydrogen-bond acceptors (Lipinski definition) is 5. The molecular formula is C25H26N2O5S. The number of para-hydroxylation sites is 1. The summed E-state index contributed by atoms with van der Waals surface area (Å²) in [5.41, 5.74) is 2.53. The number of hydrogen-bond donors (Lipinski definition) is 1. The van der Waals surface area contributed by atoms with Gasteiger partial charge < -0.3 is 10.1 Å². The minimum absolute atomic E-state index is 0.0738. The van der Waals surface area contributed by atoms with Crippen molar-refractivity contribution < 1.29 is 22.7 Å². The van der Waals surface area contributed by atoms with E-state index in [1.54, 1.807) is 62.4 Å². The van der Waals surface area contributed by atoms with Gasteiger partial charge in [-0.1, -0.05) is 48.0 Å². The first-order valence-corrected chi connectivity index (χ1v) is 11.9. The summed E-state index contributed by atoms with van der Waals surface area (Å²) in [4.78, 5) is 25.3. The van der Waals surface area contributed by atoms with Crippen LogP contribution in [0.1, 0.15) is 28.4 Å². The Hall–Kier alpha value is -3.65. The molecule has 0 saturated carbocycles. The molecule has 0 aliphatic heterocycles. The van der Waals surface area contributed by atoms with Crippen molar-refractivity contribution >= 4 is 33.3 Å². The highest BCUT2D eigenvalue weighted by Gasteiger charge is 2.28. The summed E-state index contributed by atoms with van der Waals surface area (Å²) in [7, 11) is -4.03. The maximum absolute atomic E-state index is 13.5. The Kier molecular flexibility index (Phi) is 7.50. The lowest BCUT2D eigenvalue weighted by Gasteiger charge is -2.26. The highest BCUT2D eigenvalue weighted by molar-refractivity contribution is 7.92. The predicted octanol–water partition coefficient (Wildman–Crippen LogP) is 4.31. The van der Waals surface area contributed by atoms with Crippen molar-refractivity contribution in [2.24, 2.45) is 0 Å². The first kappa shape index (κ1) is 24.0. The van der Waals surface area contributed by atoms with Gasteiger partial charge in [-0.25, -0.2) is 13.2 Å². The molecule has 3 aromatic rings. The lowest BCUT2D eigenvalue weighted by molar-refractivity contribution is -0.114. The number of ether oxygens (including phenoxy) is 1. The van der Waals surface area contributed by atoms with Crippen LogP contribution in [0.5, 0.6) is 0 Å². The molecule has 0 aromatic heterocycles. The van der Waals surface area contributed by atoms with Gasteiger partial charge >= 0.3 is 5.97 Å². The molecule has 0 atom stereocenters. The molecule has 0 aliphatic carbocycles. The summed E-state index contributed by atoms with van der Waals surface area (Å²) < 4.78 is 33.1. The van der Waals surface area contributed by atoms with Gasteiger partial charge in [0.05, 0.1) is 28.4 Å². The van der Waals surface area contributed by atoms with Crippen molar-refractivity contribution in [3.63, 3.8) is 0 Å². The second-order valence-electron chi connectivity index (χ2n) is 7.43. The highest BCUT2D eigenvalue weighted by atomic mass is 32.2. The molecule has 0 aliphatic rings. The maximum atomic E-state index is 13.5. The van der Waals surface area contributed by atoms with E-state index in [-0.39, 0.29) is 22.8 Å². The van der Waals surface area contributed by atoms with Crippen molar-refractivity contribution in [2.75, 3.05) is 22.8 Å². The Morgan fingerprint density at radius 2 is 1.61 bits per heavy atom. The van der Waals surface area contributed by atoms with Crippen molar-refractivity contribution in [1.82, 2.24) is 0 Å². The smallest absolute Gasteiger partial charge is 0.340 e. The largest absolute Gasteiger partial charge is 0.462 e. The third kappa shape index (κ3) is 5.59. The molecular weight excluding hydrogens is 440 g/mol. The number of carbonyl (C=O) groups is 2. The Morgan fingerprint density at radius 1 is 0.939 bits per heavy atom. The van der Waals surface area contributed by atoms with Crippen molar-refractivity contribution in [1.29, 1.82) is 0 Å². The van der Waals surface area contributed by atoms with Crippen molar-refractivity contribution in [2.45, 2.75) is 25.7 Å². The number of aryl methyl sites for hydroxylation is 2. The second kappa shape index (κ2) is 10.3. The van der Waals surface area contributed by atoms with E-state index in [9.17, 15) is 18.0 Å². The minimum atomic E-state index is -4.03. The molecule has 1 N–H and O–H groups in total. The number of nitrogens with zero attached hydrogens (tertiary/aromatic N) is 1. The van der Waals surface area contributed by atoms with Crippen LogP contribution >= 0.6 is 0 Å². The Bertz CT molecular complexity index is 1260. The fourth-order valence-corrected chi connectivity index (χ4v) is 4.91. The molecule has 8 heteroatoms. The van der Waals surface area contributed by atoms with E-state index >= 15 is 0 Å². The molecule has 7 nitrogen and oxygen atoms in total. The number of nitrogens with one attached hydrogen (secondary N) is 1. The lowest BCUT2D eigenvalue weighted by atomic mass is 10.1. The molecule has 0 bridgehead atoms. The van der Waals surface area contributed by atoms with Crippen LogP contribution in [0.15, 0.2) is 77.7 Å². The molecule has 33 heavy (non-hydrogen) atoms. The van der Waals surface area contributed by atoms with Crippen LogP contribution in [0.4, 0.5) is 11.4 Å². The lowest BCUT2D eigenvalue weighted by Crippen LogP contribution is -2.38. The van der Waals surface area contributed by atoms with Gasteiger partial charge in [0.2, 0.25) is 5.91 Å². The van der Waals surface area contributed by atoms with Crippen molar-refractivity contribution in [3.05, 3.63) is 89.5 Å². The molecule has 0 unspecified atom stereocenters. The van der Waals surface area contributed by atoms with Crippen LogP contribution in [-0.4, -0.2) is 33.4 Å². The second-order valence-corrected chi connectivity index (χ2v) is 9.29. The van der Waals surface area contributed by atoms with Gasteiger partial charge in [0, 0.05) is 0 Å². The summed E-state index contributed by atoms with van der Waals surface area (Å²) in [6.45, 7) is 5.11. The quantitative estimate of drug-likeness (QED) is 0.499. The van der Waals surface area contributed by atoms with Gasteiger partial charge in [0.1, 0.15) is 6.54 Å². The normalized spacial score (nSPS) is 11.0. The summed E-state index contributed by atoms with van der Waals surface area (Å²) >= 11 is 0. The third-order valence-electron chi connectivity index (χ3n) is 4.94. The van der Waals surface area contributed by atoms with Gasteiger partial charge in [-0.3, -0.25) is 9.10 Å². The number of benzene rings is 3. The molecule has 3 aromatic carbocycles. The minimum Gasteiger partial charge on any atom is -0.462 e. The van der Waals surface area contributed by atoms with Crippen LogP contribution in [0.25, 0.3) is 0 Å². The summed E-state index contributed by atoms with van der Waals surface area (Å²) in [6.07, 6.45) is 0. The topological polar surface area (TPSA) is 92.8 Å². The van der Waals surface area contributed by atoms with Crippen LogP contribution in [0.2, 0.25) is 0 Å². The molecule has 3 rings (SSSR count). The van der Waals surface area contributed by atoms with Crippen LogP contribution in [0, 0.1) is 13.8 Å². The van der Waals surface area contributed by atoms with Crippen LogP contribution in [0.3, 0.4) is 0 Å². The molecule has 172 valence electrons. The zero-order valence-corrected chi connectivity index (χ0v) is 19.6. The highest BCUT2D eigenvalue weighted by Crippen LogP contribution is 2.28. The standard InChI is InChI=1S/C25H26N2O5S/c1-4-32-25(29)21-12-8-9-13-22(21)26-24(28)17-27(23-15-14-18(2)16-19(23)3)33(30,31)20-10-6-5-7-11-20/h5-16H,4,17H2,1-3H3,(H,26,28). The van der Waals surface area contributed by atoms with Gasteiger partial charge in [0.15, 0.2) is 0 Å². The SMILES string of the molecule is CCOC(=O)c1ccccc1NC(=O)CN(c1ccc(C)cc1C)S(=O)(=O)c1ccccc1. The van der Waals surface area contributed by atoms with E-state index in [1.165, 1.54) is 18.2 Å². The van der Waals surface area contributed by atoms with Crippen molar-refractivity contribution in [3.8, 4) is 0 Å². The van der Waals surface area contributed by atoms with E-state index in [0.717, 1.165) is 9.87 Å². The summed E-state index contributed by atoms with van der Waals surface area (Å²) in [6, 6.07) is 19.7. The molecule has 0 heterocycles. The van der Waals surface area contributed by atoms with E-state index < -0.39 is 28.4 Å². The number of carbonyl (C=O) groups excluding carboxylic acids is 2. The van der Waals surface area contributed by atoms with Gasteiger partial charge in [-0.15, -0.1) is 0 Å². The number of esters is 1. The van der Waals surface area contributed by atoms with Gasteiger partial charge in [-0.05, 0) is 56.7 Å².